The van der Waals surface area contributed by atoms with Crippen LogP contribution in [0.5, 0.6) is 0 Å². The predicted molar refractivity (Wildman–Crippen MR) is 126 cm³/mol. The van der Waals surface area contributed by atoms with Crippen LogP contribution in [0, 0.1) is 13.8 Å². The summed E-state index contributed by atoms with van der Waals surface area (Å²) in [6, 6.07) is 10.2. The number of aryl methyl sites for hydroxylation is 1. The van der Waals surface area contributed by atoms with E-state index in [1.54, 1.807) is 22.7 Å². The second kappa shape index (κ2) is 9.01. The molecule has 1 aliphatic rings. The summed E-state index contributed by atoms with van der Waals surface area (Å²) in [7, 11) is 0. The molecule has 0 saturated carbocycles. The summed E-state index contributed by atoms with van der Waals surface area (Å²) in [6.45, 7) is 8.50. The number of carbonyl (C=O) groups excluding carboxylic acids is 1. The van der Waals surface area contributed by atoms with Gasteiger partial charge in [-0.25, -0.2) is 0 Å². The largest absolute Gasteiger partial charge is 0.343 e. The van der Waals surface area contributed by atoms with Gasteiger partial charge in [0.25, 0.3) is 5.91 Å². The van der Waals surface area contributed by atoms with Gasteiger partial charge in [0.05, 0.1) is 23.5 Å². The predicted octanol–water partition coefficient (Wildman–Crippen LogP) is 4.28. The number of amides is 1. The van der Waals surface area contributed by atoms with Gasteiger partial charge in [0, 0.05) is 42.4 Å². The lowest BCUT2D eigenvalue weighted by molar-refractivity contribution is 0.0614. The molecule has 1 saturated heterocycles. The van der Waals surface area contributed by atoms with Crippen LogP contribution in [-0.4, -0.2) is 56.6 Å². The van der Waals surface area contributed by atoms with E-state index in [1.165, 1.54) is 4.88 Å². The van der Waals surface area contributed by atoms with Gasteiger partial charge in [0.15, 0.2) is 0 Å². The molecule has 5 heterocycles. The van der Waals surface area contributed by atoms with Crippen LogP contribution in [0.15, 0.2) is 45.6 Å². The van der Waals surface area contributed by atoms with E-state index in [1.807, 2.05) is 35.4 Å². The van der Waals surface area contributed by atoms with Crippen molar-refractivity contribution in [3.63, 3.8) is 0 Å². The lowest BCUT2D eigenvalue weighted by Crippen LogP contribution is -2.48. The maximum Gasteiger partial charge on any atom is 0.255 e. The quantitative estimate of drug-likeness (QED) is 0.423. The van der Waals surface area contributed by atoms with E-state index in [2.05, 4.69) is 44.0 Å². The summed E-state index contributed by atoms with van der Waals surface area (Å²) in [4.78, 5) is 24.3. The first kappa shape index (κ1) is 21.1. The Morgan fingerprint density at radius 3 is 2.56 bits per heavy atom. The monoisotopic (exact) mass is 467 g/mol. The smallest absolute Gasteiger partial charge is 0.255 e. The number of hydrogen-bond donors (Lipinski definition) is 0. The van der Waals surface area contributed by atoms with Crippen LogP contribution in [0.3, 0.4) is 0 Å². The average Bonchev–Trinajstić information content (AvgIpc) is 3.59. The Morgan fingerprint density at radius 2 is 1.84 bits per heavy atom. The van der Waals surface area contributed by atoms with Crippen LogP contribution < -0.4 is 0 Å². The first-order chi connectivity index (χ1) is 15.6. The van der Waals surface area contributed by atoms with Gasteiger partial charge in [-0.1, -0.05) is 17.3 Å². The zero-order valence-electron chi connectivity index (χ0n) is 18.2. The highest BCUT2D eigenvalue weighted by Gasteiger charge is 2.26. The lowest BCUT2D eigenvalue weighted by Gasteiger charge is -2.34. The van der Waals surface area contributed by atoms with Crippen LogP contribution >= 0.6 is 22.7 Å². The number of nitrogens with zero attached hydrogens (tertiary/aromatic N) is 5. The molecule has 0 aliphatic carbocycles. The van der Waals surface area contributed by atoms with Crippen molar-refractivity contribution in [1.29, 1.82) is 0 Å². The minimum atomic E-state index is 0.118. The SMILES string of the molecule is Cc1cc(C(=O)N2CCN(Cc3nc(-c4cccs4)no3)CC2)c(C)n1Cc1cccs1. The van der Waals surface area contributed by atoms with Crippen LogP contribution in [0.2, 0.25) is 0 Å². The molecule has 32 heavy (non-hydrogen) atoms. The molecule has 0 N–H and O–H groups in total. The standard InChI is InChI=1S/C23H25N5O2S2/c1-16-13-19(17(2)28(16)14-18-5-3-11-31-18)23(29)27-9-7-26(8-10-27)15-21-24-22(25-30-21)20-6-4-12-32-20/h3-6,11-13H,7-10,14-15H2,1-2H3. The van der Waals surface area contributed by atoms with E-state index in [0.29, 0.717) is 31.3 Å². The molecular formula is C23H25N5O2S2. The van der Waals surface area contributed by atoms with Crippen molar-refractivity contribution >= 4 is 28.6 Å². The Kier molecular flexibility index (Phi) is 5.95. The van der Waals surface area contributed by atoms with Gasteiger partial charge in [-0.3, -0.25) is 9.69 Å². The molecule has 166 valence electrons. The van der Waals surface area contributed by atoms with E-state index >= 15 is 0 Å². The van der Waals surface area contributed by atoms with E-state index in [4.69, 9.17) is 4.52 Å². The zero-order chi connectivity index (χ0) is 22.1. The minimum Gasteiger partial charge on any atom is -0.343 e. The van der Waals surface area contributed by atoms with Gasteiger partial charge in [-0.05, 0) is 42.8 Å². The molecular weight excluding hydrogens is 442 g/mol. The van der Waals surface area contributed by atoms with Crippen LogP contribution in [0.4, 0.5) is 0 Å². The van der Waals surface area contributed by atoms with Gasteiger partial charge in [-0.15, -0.1) is 22.7 Å². The molecule has 1 fully saturated rings. The van der Waals surface area contributed by atoms with Gasteiger partial charge < -0.3 is 14.0 Å². The summed E-state index contributed by atoms with van der Waals surface area (Å²) < 4.78 is 7.66. The first-order valence-electron chi connectivity index (χ1n) is 10.7. The number of rotatable bonds is 6. The third-order valence-electron chi connectivity index (χ3n) is 5.93. The maximum atomic E-state index is 13.2. The highest BCUT2D eigenvalue weighted by Crippen LogP contribution is 2.23. The molecule has 9 heteroatoms. The van der Waals surface area contributed by atoms with Gasteiger partial charge in [0.2, 0.25) is 11.7 Å². The van der Waals surface area contributed by atoms with E-state index in [0.717, 1.165) is 41.5 Å². The Bertz CT molecular complexity index is 1190. The second-order valence-electron chi connectivity index (χ2n) is 8.01. The highest BCUT2D eigenvalue weighted by atomic mass is 32.1. The van der Waals surface area contributed by atoms with Crippen LogP contribution in [-0.2, 0) is 13.1 Å². The summed E-state index contributed by atoms with van der Waals surface area (Å²) in [5, 5.41) is 8.18. The summed E-state index contributed by atoms with van der Waals surface area (Å²) in [5.41, 5.74) is 2.97. The molecule has 4 aromatic rings. The van der Waals surface area contributed by atoms with Gasteiger partial charge >= 0.3 is 0 Å². The zero-order valence-corrected chi connectivity index (χ0v) is 19.8. The minimum absolute atomic E-state index is 0.118. The Hall–Kier alpha value is -2.75. The first-order valence-corrected chi connectivity index (χ1v) is 12.4. The van der Waals surface area contributed by atoms with Crippen molar-refractivity contribution in [2.75, 3.05) is 26.2 Å². The number of thiophene rings is 2. The molecule has 4 aromatic heterocycles. The second-order valence-corrected chi connectivity index (χ2v) is 9.99. The number of hydrogen-bond acceptors (Lipinski definition) is 7. The maximum absolute atomic E-state index is 13.2. The van der Waals surface area contributed by atoms with Crippen molar-refractivity contribution in [3.8, 4) is 10.7 Å². The molecule has 5 rings (SSSR count). The number of aromatic nitrogens is 3. The van der Waals surface area contributed by atoms with Crippen molar-refractivity contribution < 1.29 is 9.32 Å². The molecule has 0 spiro atoms. The fourth-order valence-electron chi connectivity index (χ4n) is 4.12. The fraction of sp³-hybridized carbons (Fsp3) is 0.348. The topological polar surface area (TPSA) is 67.4 Å². The van der Waals surface area contributed by atoms with E-state index < -0.39 is 0 Å². The number of carbonyl (C=O) groups is 1. The Morgan fingerprint density at radius 1 is 1.06 bits per heavy atom. The number of piperazine rings is 1. The van der Waals surface area contributed by atoms with E-state index in [9.17, 15) is 4.79 Å². The average molecular weight is 468 g/mol. The summed E-state index contributed by atoms with van der Waals surface area (Å²) in [6.07, 6.45) is 0. The molecule has 0 aromatic carbocycles. The van der Waals surface area contributed by atoms with Crippen molar-refractivity contribution in [1.82, 2.24) is 24.5 Å². The normalized spacial score (nSPS) is 14.9. The molecule has 1 amide bonds. The van der Waals surface area contributed by atoms with Crippen molar-refractivity contribution in [3.05, 3.63) is 68.8 Å². The molecule has 1 aliphatic heterocycles. The van der Waals surface area contributed by atoms with Crippen molar-refractivity contribution in [2.24, 2.45) is 0 Å². The van der Waals surface area contributed by atoms with Crippen LogP contribution in [0.25, 0.3) is 10.7 Å². The van der Waals surface area contributed by atoms with Gasteiger partial charge in [0.1, 0.15) is 0 Å². The fourth-order valence-corrected chi connectivity index (χ4v) is 5.46. The third-order valence-corrected chi connectivity index (χ3v) is 7.65. The highest BCUT2D eigenvalue weighted by molar-refractivity contribution is 7.13. The van der Waals surface area contributed by atoms with Crippen LogP contribution in [0.1, 0.15) is 32.5 Å². The Balaban J connectivity index is 1.20. The molecule has 0 radical (unpaired) electrons. The third kappa shape index (κ3) is 4.28. The molecule has 0 unspecified atom stereocenters. The summed E-state index contributed by atoms with van der Waals surface area (Å²) >= 11 is 3.34. The molecule has 0 bridgehead atoms. The Labute approximate surface area is 194 Å². The lowest BCUT2D eigenvalue weighted by atomic mass is 10.2. The molecule has 0 atom stereocenters. The van der Waals surface area contributed by atoms with Gasteiger partial charge in [-0.2, -0.15) is 4.98 Å². The summed E-state index contributed by atoms with van der Waals surface area (Å²) in [5.74, 6) is 1.37. The van der Waals surface area contributed by atoms with E-state index in [-0.39, 0.29) is 5.91 Å². The van der Waals surface area contributed by atoms with Crippen molar-refractivity contribution in [2.45, 2.75) is 26.9 Å². The molecule has 7 nitrogen and oxygen atoms in total.